The van der Waals surface area contributed by atoms with Crippen molar-refractivity contribution in [1.29, 1.82) is 0 Å². The van der Waals surface area contributed by atoms with Gasteiger partial charge in [0.05, 0.1) is 0 Å². The Morgan fingerprint density at radius 2 is 1.44 bits per heavy atom. The lowest BCUT2D eigenvalue weighted by Crippen LogP contribution is -2.31. The highest BCUT2D eigenvalue weighted by Gasteiger charge is 2.12. The average molecular weight is 331 g/mol. The topological polar surface area (TPSA) is 29.5 Å². The summed E-state index contributed by atoms with van der Waals surface area (Å²) in [5, 5.41) is 0. The van der Waals surface area contributed by atoms with Crippen LogP contribution in [0.4, 0.5) is 0 Å². The molecular weight excluding hydrogens is 310 g/mol. The molecule has 0 spiro atoms. The van der Waals surface area contributed by atoms with Crippen LogP contribution in [0.25, 0.3) is 11.1 Å². The van der Waals surface area contributed by atoms with E-state index in [-0.39, 0.29) is 12.5 Å². The van der Waals surface area contributed by atoms with Gasteiger partial charge in [-0.3, -0.25) is 4.79 Å². The van der Waals surface area contributed by atoms with E-state index in [4.69, 9.17) is 4.74 Å². The fraction of sp³-hybridized carbons (Fsp3) is 0.136. The molecule has 0 aliphatic heterocycles. The van der Waals surface area contributed by atoms with Crippen LogP contribution in [-0.4, -0.2) is 24.5 Å². The SMILES string of the molecule is CN(Cc1ccccc1)C(=O)COc1ccccc1-c1ccccc1. The lowest BCUT2D eigenvalue weighted by Gasteiger charge is -2.18. The molecule has 0 saturated heterocycles. The van der Waals surface area contributed by atoms with Crippen molar-refractivity contribution in [2.24, 2.45) is 0 Å². The summed E-state index contributed by atoms with van der Waals surface area (Å²) < 4.78 is 5.82. The van der Waals surface area contributed by atoms with Crippen LogP contribution >= 0.6 is 0 Å². The number of carbonyl (C=O) groups excluding carboxylic acids is 1. The molecule has 3 nitrogen and oxygen atoms in total. The second-order valence-corrected chi connectivity index (χ2v) is 5.89. The molecule has 0 aromatic heterocycles. The molecule has 3 rings (SSSR count). The third-order valence-electron chi connectivity index (χ3n) is 4.01. The minimum Gasteiger partial charge on any atom is -0.483 e. The molecule has 126 valence electrons. The van der Waals surface area contributed by atoms with E-state index in [9.17, 15) is 4.79 Å². The Balaban J connectivity index is 1.65. The lowest BCUT2D eigenvalue weighted by molar-refractivity contribution is -0.132. The zero-order valence-corrected chi connectivity index (χ0v) is 14.3. The van der Waals surface area contributed by atoms with Gasteiger partial charge >= 0.3 is 0 Å². The van der Waals surface area contributed by atoms with Gasteiger partial charge in [0, 0.05) is 19.2 Å². The highest BCUT2D eigenvalue weighted by atomic mass is 16.5. The zero-order chi connectivity index (χ0) is 17.5. The minimum atomic E-state index is -0.0493. The fourth-order valence-corrected chi connectivity index (χ4v) is 2.64. The molecular formula is C22H21NO2. The first-order chi connectivity index (χ1) is 12.2. The van der Waals surface area contributed by atoms with Crippen molar-refractivity contribution in [2.45, 2.75) is 6.54 Å². The summed E-state index contributed by atoms with van der Waals surface area (Å²) in [4.78, 5) is 14.1. The second kappa shape index (κ2) is 8.15. The molecule has 3 aromatic rings. The van der Waals surface area contributed by atoms with Crippen molar-refractivity contribution < 1.29 is 9.53 Å². The Bertz CT molecular complexity index is 816. The number of para-hydroxylation sites is 1. The van der Waals surface area contributed by atoms with Gasteiger partial charge in [-0.05, 0) is 17.2 Å². The van der Waals surface area contributed by atoms with Crippen molar-refractivity contribution in [3.63, 3.8) is 0 Å². The Kier molecular flexibility index (Phi) is 5.47. The third kappa shape index (κ3) is 4.48. The first kappa shape index (κ1) is 16.8. The number of nitrogens with zero attached hydrogens (tertiary/aromatic N) is 1. The number of rotatable bonds is 6. The standard InChI is InChI=1S/C22H21NO2/c1-23(16-18-10-4-2-5-11-18)22(24)17-25-21-15-9-8-14-20(21)19-12-6-3-7-13-19/h2-15H,16-17H2,1H3. The van der Waals surface area contributed by atoms with Crippen molar-refractivity contribution in [1.82, 2.24) is 4.90 Å². The normalized spacial score (nSPS) is 10.3. The molecule has 0 heterocycles. The molecule has 1 amide bonds. The monoisotopic (exact) mass is 331 g/mol. The van der Waals surface area contributed by atoms with Crippen LogP contribution in [0.3, 0.4) is 0 Å². The first-order valence-electron chi connectivity index (χ1n) is 8.29. The van der Waals surface area contributed by atoms with Crippen molar-refractivity contribution in [3.8, 4) is 16.9 Å². The van der Waals surface area contributed by atoms with Crippen LogP contribution in [0.2, 0.25) is 0 Å². The molecule has 0 radical (unpaired) electrons. The smallest absolute Gasteiger partial charge is 0.260 e. The van der Waals surface area contributed by atoms with Crippen LogP contribution in [0.15, 0.2) is 84.9 Å². The number of carbonyl (C=O) groups is 1. The second-order valence-electron chi connectivity index (χ2n) is 5.89. The van der Waals surface area contributed by atoms with Gasteiger partial charge < -0.3 is 9.64 Å². The van der Waals surface area contributed by atoms with Gasteiger partial charge in [0.15, 0.2) is 6.61 Å². The molecule has 3 aromatic carbocycles. The summed E-state index contributed by atoms with van der Waals surface area (Å²) in [6, 6.07) is 27.7. The molecule has 0 aliphatic rings. The number of likely N-dealkylation sites (N-methyl/N-ethyl adjacent to an activating group) is 1. The van der Waals surface area contributed by atoms with Crippen molar-refractivity contribution in [3.05, 3.63) is 90.5 Å². The number of hydrogen-bond acceptors (Lipinski definition) is 2. The highest BCUT2D eigenvalue weighted by Crippen LogP contribution is 2.29. The van der Waals surface area contributed by atoms with Crippen LogP contribution in [-0.2, 0) is 11.3 Å². The number of hydrogen-bond donors (Lipinski definition) is 0. The van der Waals surface area contributed by atoms with E-state index in [1.165, 1.54) is 0 Å². The van der Waals surface area contributed by atoms with Crippen molar-refractivity contribution >= 4 is 5.91 Å². The van der Waals surface area contributed by atoms with Gasteiger partial charge in [-0.15, -0.1) is 0 Å². The zero-order valence-electron chi connectivity index (χ0n) is 14.3. The Morgan fingerprint density at radius 3 is 2.16 bits per heavy atom. The lowest BCUT2D eigenvalue weighted by atomic mass is 10.1. The Hall–Kier alpha value is -3.07. The van der Waals surface area contributed by atoms with Gasteiger partial charge in [0.25, 0.3) is 5.91 Å². The van der Waals surface area contributed by atoms with Crippen molar-refractivity contribution in [2.75, 3.05) is 13.7 Å². The molecule has 0 fully saturated rings. The molecule has 3 heteroatoms. The number of benzene rings is 3. The molecule has 0 unspecified atom stereocenters. The summed E-state index contributed by atoms with van der Waals surface area (Å²) in [6.07, 6.45) is 0. The molecule has 25 heavy (non-hydrogen) atoms. The van der Waals surface area contributed by atoms with Crippen LogP contribution in [0.5, 0.6) is 5.75 Å². The Labute approximate surface area is 148 Å². The molecule has 0 N–H and O–H groups in total. The third-order valence-corrected chi connectivity index (χ3v) is 4.01. The predicted molar refractivity (Wildman–Crippen MR) is 100 cm³/mol. The molecule has 0 saturated carbocycles. The van der Waals surface area contributed by atoms with E-state index < -0.39 is 0 Å². The maximum atomic E-state index is 12.4. The minimum absolute atomic E-state index is 0.0210. The van der Waals surface area contributed by atoms with Gasteiger partial charge in [-0.1, -0.05) is 78.9 Å². The maximum Gasteiger partial charge on any atom is 0.260 e. The molecule has 0 atom stereocenters. The van der Waals surface area contributed by atoms with E-state index in [2.05, 4.69) is 0 Å². The van der Waals surface area contributed by atoms with Gasteiger partial charge in [-0.25, -0.2) is 0 Å². The van der Waals surface area contributed by atoms with E-state index in [1.807, 2.05) is 84.9 Å². The molecule has 0 bridgehead atoms. The number of ether oxygens (including phenoxy) is 1. The van der Waals surface area contributed by atoms with Crippen LogP contribution in [0, 0.1) is 0 Å². The summed E-state index contributed by atoms with van der Waals surface area (Å²) >= 11 is 0. The summed E-state index contributed by atoms with van der Waals surface area (Å²) in [5.41, 5.74) is 3.16. The summed E-state index contributed by atoms with van der Waals surface area (Å²) in [5.74, 6) is 0.668. The average Bonchev–Trinajstić information content (AvgIpc) is 2.68. The van der Waals surface area contributed by atoms with E-state index >= 15 is 0 Å². The van der Waals surface area contributed by atoms with Crippen LogP contribution in [0.1, 0.15) is 5.56 Å². The van der Waals surface area contributed by atoms with E-state index in [0.29, 0.717) is 6.54 Å². The van der Waals surface area contributed by atoms with Gasteiger partial charge in [0.1, 0.15) is 5.75 Å². The molecule has 0 aliphatic carbocycles. The van der Waals surface area contributed by atoms with Crippen LogP contribution < -0.4 is 4.74 Å². The predicted octanol–water partition coefficient (Wildman–Crippen LogP) is 4.39. The first-order valence-corrected chi connectivity index (χ1v) is 8.29. The fourth-order valence-electron chi connectivity index (χ4n) is 2.64. The maximum absolute atomic E-state index is 12.4. The Morgan fingerprint density at radius 1 is 0.840 bits per heavy atom. The van der Waals surface area contributed by atoms with E-state index in [1.54, 1.807) is 11.9 Å². The summed E-state index contributed by atoms with van der Waals surface area (Å²) in [7, 11) is 1.79. The summed E-state index contributed by atoms with van der Waals surface area (Å²) in [6.45, 7) is 0.594. The van der Waals surface area contributed by atoms with E-state index in [0.717, 1.165) is 22.4 Å². The van der Waals surface area contributed by atoms with Gasteiger partial charge in [-0.2, -0.15) is 0 Å². The number of amides is 1. The quantitative estimate of drug-likeness (QED) is 0.670. The highest BCUT2D eigenvalue weighted by molar-refractivity contribution is 5.78. The largest absolute Gasteiger partial charge is 0.483 e. The van der Waals surface area contributed by atoms with Gasteiger partial charge in [0.2, 0.25) is 0 Å².